The van der Waals surface area contributed by atoms with E-state index in [9.17, 15) is 4.79 Å². The van der Waals surface area contributed by atoms with E-state index in [4.69, 9.17) is 4.42 Å². The Morgan fingerprint density at radius 2 is 1.87 bits per heavy atom. The summed E-state index contributed by atoms with van der Waals surface area (Å²) in [6, 6.07) is 17.5. The van der Waals surface area contributed by atoms with Crippen LogP contribution in [0.25, 0.3) is 22.5 Å². The molecule has 30 heavy (non-hydrogen) atoms. The molecule has 4 rings (SSSR count). The molecule has 2 aromatic carbocycles. The van der Waals surface area contributed by atoms with Crippen LogP contribution in [0.15, 0.2) is 65.3 Å². The molecular weight excluding hydrogens is 396 g/mol. The number of aromatic amines is 1. The number of fused-ring (bicyclic) bond motifs is 1. The molecule has 0 bridgehead atoms. The van der Waals surface area contributed by atoms with Crippen LogP contribution in [-0.4, -0.2) is 26.6 Å². The highest BCUT2D eigenvalue weighted by molar-refractivity contribution is 7.99. The van der Waals surface area contributed by atoms with Crippen molar-refractivity contribution in [3.63, 3.8) is 0 Å². The van der Waals surface area contributed by atoms with Crippen LogP contribution in [0.4, 0.5) is 0 Å². The number of imidazole rings is 1. The minimum absolute atomic E-state index is 0.0223. The van der Waals surface area contributed by atoms with E-state index in [0.717, 1.165) is 28.1 Å². The summed E-state index contributed by atoms with van der Waals surface area (Å²) in [4.78, 5) is 25.0. The lowest BCUT2D eigenvalue weighted by Crippen LogP contribution is -2.33. The summed E-state index contributed by atoms with van der Waals surface area (Å²) < 4.78 is 5.55. The van der Waals surface area contributed by atoms with Crippen molar-refractivity contribution < 1.29 is 9.21 Å². The van der Waals surface area contributed by atoms with Gasteiger partial charge in [-0.05, 0) is 30.2 Å². The summed E-state index contributed by atoms with van der Waals surface area (Å²) in [5.74, 6) is 2.53. The molecule has 0 aliphatic rings. The van der Waals surface area contributed by atoms with Crippen molar-refractivity contribution in [2.24, 2.45) is 5.92 Å². The Hall–Kier alpha value is -3.06. The summed E-state index contributed by atoms with van der Waals surface area (Å²) in [5.41, 5.74) is 3.64. The summed E-state index contributed by atoms with van der Waals surface area (Å²) in [5, 5.41) is 3.11. The van der Waals surface area contributed by atoms with Crippen LogP contribution < -0.4 is 5.32 Å². The Balaban J connectivity index is 1.33. The number of oxazole rings is 1. The van der Waals surface area contributed by atoms with Crippen molar-refractivity contribution in [3.8, 4) is 11.5 Å². The molecule has 1 amide bonds. The van der Waals surface area contributed by atoms with Gasteiger partial charge in [0.25, 0.3) is 0 Å². The average molecular weight is 421 g/mol. The number of hydrogen-bond acceptors (Lipinski definition) is 5. The summed E-state index contributed by atoms with van der Waals surface area (Å²) in [6.45, 7) is 4.15. The van der Waals surface area contributed by atoms with E-state index in [1.54, 1.807) is 6.26 Å². The number of para-hydroxylation sites is 2. The van der Waals surface area contributed by atoms with Crippen LogP contribution in [0.5, 0.6) is 0 Å². The molecule has 2 heterocycles. The standard InChI is InChI=1S/C23H24N4O2S/c1-15(2)21(22-25-18-10-6-7-11-19(18)26-22)27-20(28)14-30-13-17-12-29-23(24-17)16-8-4-3-5-9-16/h3-12,15,21H,13-14H2,1-2H3,(H,25,26)(H,27,28)/t21-/m0/s1. The third-order valence-electron chi connectivity index (χ3n) is 4.74. The fraction of sp³-hybridized carbons (Fsp3) is 0.261. The number of hydrogen-bond donors (Lipinski definition) is 2. The maximum absolute atomic E-state index is 12.5. The number of aromatic nitrogens is 3. The number of H-pyrrole nitrogens is 1. The van der Waals surface area contributed by atoms with Crippen LogP contribution in [0.2, 0.25) is 0 Å². The first-order valence-electron chi connectivity index (χ1n) is 9.91. The van der Waals surface area contributed by atoms with Crippen molar-refractivity contribution in [2.75, 3.05) is 5.75 Å². The van der Waals surface area contributed by atoms with Gasteiger partial charge in [-0.15, -0.1) is 11.8 Å². The Kier molecular flexibility index (Phi) is 6.18. The Morgan fingerprint density at radius 1 is 1.10 bits per heavy atom. The van der Waals surface area contributed by atoms with Gasteiger partial charge in [0.1, 0.15) is 12.1 Å². The van der Waals surface area contributed by atoms with E-state index in [1.807, 2.05) is 54.6 Å². The molecule has 2 N–H and O–H groups in total. The molecule has 7 heteroatoms. The molecule has 4 aromatic rings. The lowest BCUT2D eigenvalue weighted by Gasteiger charge is -2.20. The topological polar surface area (TPSA) is 83.8 Å². The van der Waals surface area contributed by atoms with Gasteiger partial charge in [-0.1, -0.05) is 44.2 Å². The maximum Gasteiger partial charge on any atom is 0.230 e. The Bertz CT molecular complexity index is 1090. The summed E-state index contributed by atoms with van der Waals surface area (Å²) in [6.07, 6.45) is 1.65. The fourth-order valence-corrected chi connectivity index (χ4v) is 3.93. The number of amides is 1. The van der Waals surface area contributed by atoms with Crippen LogP contribution >= 0.6 is 11.8 Å². The van der Waals surface area contributed by atoms with Gasteiger partial charge >= 0.3 is 0 Å². The van der Waals surface area contributed by atoms with Crippen molar-refractivity contribution in [1.82, 2.24) is 20.3 Å². The number of nitrogens with one attached hydrogen (secondary N) is 2. The smallest absolute Gasteiger partial charge is 0.230 e. The van der Waals surface area contributed by atoms with Crippen LogP contribution in [0.3, 0.4) is 0 Å². The van der Waals surface area contributed by atoms with Gasteiger partial charge < -0.3 is 14.7 Å². The van der Waals surface area contributed by atoms with Crippen molar-refractivity contribution in [3.05, 3.63) is 72.4 Å². The molecule has 0 fully saturated rings. The number of carbonyl (C=O) groups is 1. The van der Waals surface area contributed by atoms with Gasteiger partial charge in [0.15, 0.2) is 0 Å². The van der Waals surface area contributed by atoms with Gasteiger partial charge in [0.05, 0.1) is 28.5 Å². The number of carbonyl (C=O) groups excluding carboxylic acids is 1. The molecule has 0 saturated heterocycles. The van der Waals surface area contributed by atoms with E-state index < -0.39 is 0 Å². The number of thioether (sulfide) groups is 1. The summed E-state index contributed by atoms with van der Waals surface area (Å²) >= 11 is 1.51. The number of benzene rings is 2. The molecule has 0 spiro atoms. The highest BCUT2D eigenvalue weighted by atomic mass is 32.2. The van der Waals surface area contributed by atoms with Gasteiger partial charge in [0.2, 0.25) is 11.8 Å². The molecular formula is C23H24N4O2S. The largest absolute Gasteiger partial charge is 0.444 e. The number of rotatable bonds is 8. The minimum atomic E-state index is -0.165. The lowest BCUT2D eigenvalue weighted by molar-refractivity contribution is -0.119. The third-order valence-corrected chi connectivity index (χ3v) is 5.71. The van der Waals surface area contributed by atoms with Crippen molar-refractivity contribution in [2.45, 2.75) is 25.6 Å². The van der Waals surface area contributed by atoms with E-state index in [-0.39, 0.29) is 17.9 Å². The predicted molar refractivity (Wildman–Crippen MR) is 120 cm³/mol. The molecule has 2 aromatic heterocycles. The molecule has 6 nitrogen and oxygen atoms in total. The fourth-order valence-electron chi connectivity index (χ4n) is 3.22. The lowest BCUT2D eigenvalue weighted by atomic mass is 10.0. The normalized spacial score (nSPS) is 12.4. The molecule has 154 valence electrons. The number of nitrogens with zero attached hydrogens (tertiary/aromatic N) is 2. The zero-order valence-corrected chi connectivity index (χ0v) is 17.8. The van der Waals surface area contributed by atoms with E-state index >= 15 is 0 Å². The van der Waals surface area contributed by atoms with Crippen LogP contribution in [0, 0.1) is 5.92 Å². The first-order valence-corrected chi connectivity index (χ1v) is 11.1. The monoisotopic (exact) mass is 420 g/mol. The van der Waals surface area contributed by atoms with Crippen LogP contribution in [0.1, 0.15) is 31.4 Å². The zero-order valence-electron chi connectivity index (χ0n) is 17.0. The van der Waals surface area contributed by atoms with E-state index in [1.165, 1.54) is 11.8 Å². The van der Waals surface area contributed by atoms with Crippen molar-refractivity contribution in [1.29, 1.82) is 0 Å². The predicted octanol–water partition coefficient (Wildman–Crippen LogP) is 4.96. The average Bonchev–Trinajstić information content (AvgIpc) is 3.39. The molecule has 0 aliphatic carbocycles. The van der Waals surface area contributed by atoms with Crippen molar-refractivity contribution >= 4 is 28.7 Å². The molecule has 0 radical (unpaired) electrons. The minimum Gasteiger partial charge on any atom is -0.444 e. The van der Waals surface area contributed by atoms with E-state index in [2.05, 4.69) is 34.1 Å². The van der Waals surface area contributed by atoms with Gasteiger partial charge in [0, 0.05) is 11.3 Å². The van der Waals surface area contributed by atoms with Gasteiger partial charge in [-0.25, -0.2) is 9.97 Å². The zero-order chi connectivity index (χ0) is 20.9. The first kappa shape index (κ1) is 20.2. The van der Waals surface area contributed by atoms with Gasteiger partial charge in [-0.2, -0.15) is 0 Å². The maximum atomic E-state index is 12.5. The SMILES string of the molecule is CC(C)[C@H](NC(=O)CSCc1coc(-c2ccccc2)n1)c1nc2ccccc2[nH]1. The quantitative estimate of drug-likeness (QED) is 0.421. The highest BCUT2D eigenvalue weighted by Crippen LogP contribution is 2.23. The third kappa shape index (κ3) is 4.74. The second kappa shape index (κ2) is 9.17. The summed E-state index contributed by atoms with van der Waals surface area (Å²) in [7, 11) is 0. The molecule has 0 aliphatic heterocycles. The Labute approximate surface area is 179 Å². The Morgan fingerprint density at radius 3 is 2.63 bits per heavy atom. The highest BCUT2D eigenvalue weighted by Gasteiger charge is 2.21. The first-order chi connectivity index (χ1) is 14.6. The van der Waals surface area contributed by atoms with E-state index in [0.29, 0.717) is 17.4 Å². The molecule has 0 saturated carbocycles. The second-order valence-corrected chi connectivity index (χ2v) is 8.42. The van der Waals surface area contributed by atoms with Gasteiger partial charge in [-0.3, -0.25) is 4.79 Å². The second-order valence-electron chi connectivity index (χ2n) is 7.43. The molecule has 1 atom stereocenters. The van der Waals surface area contributed by atoms with Crippen LogP contribution in [-0.2, 0) is 10.5 Å². The molecule has 0 unspecified atom stereocenters.